The fourth-order valence-electron chi connectivity index (χ4n) is 2.82. The van der Waals surface area contributed by atoms with Gasteiger partial charge in [0.15, 0.2) is 0 Å². The number of aryl methyl sites for hydroxylation is 1. The van der Waals surface area contributed by atoms with Crippen LogP contribution < -0.4 is 10.1 Å². The van der Waals surface area contributed by atoms with Crippen molar-refractivity contribution in [3.05, 3.63) is 23.8 Å². The lowest BCUT2D eigenvalue weighted by Crippen LogP contribution is -2.38. The Balaban J connectivity index is 2.05. The first-order chi connectivity index (χ1) is 11.0. The van der Waals surface area contributed by atoms with E-state index in [1.54, 1.807) is 19.1 Å². The molecule has 23 heavy (non-hydrogen) atoms. The van der Waals surface area contributed by atoms with Gasteiger partial charge in [0.2, 0.25) is 11.8 Å². The number of carbonyl (C=O) groups excluding carboxylic acids is 2. The molecule has 0 bridgehead atoms. The summed E-state index contributed by atoms with van der Waals surface area (Å²) in [7, 11) is 3.17. The molecule has 2 amide bonds. The Labute approximate surface area is 136 Å². The van der Waals surface area contributed by atoms with Gasteiger partial charge in [0.1, 0.15) is 5.75 Å². The number of ether oxygens (including phenoxy) is 2. The highest BCUT2D eigenvalue weighted by atomic mass is 16.5. The molecule has 1 heterocycles. The van der Waals surface area contributed by atoms with E-state index in [2.05, 4.69) is 5.32 Å². The number of hydrogen-bond acceptors (Lipinski definition) is 4. The summed E-state index contributed by atoms with van der Waals surface area (Å²) >= 11 is 0. The van der Waals surface area contributed by atoms with Crippen molar-refractivity contribution in [2.24, 2.45) is 5.92 Å². The van der Waals surface area contributed by atoms with Gasteiger partial charge >= 0.3 is 0 Å². The molecule has 0 aromatic heterocycles. The molecule has 1 aliphatic heterocycles. The van der Waals surface area contributed by atoms with Crippen molar-refractivity contribution >= 4 is 17.5 Å². The van der Waals surface area contributed by atoms with Crippen LogP contribution in [0.15, 0.2) is 18.2 Å². The predicted molar refractivity (Wildman–Crippen MR) is 87.5 cm³/mol. The van der Waals surface area contributed by atoms with E-state index >= 15 is 0 Å². The van der Waals surface area contributed by atoms with Crippen molar-refractivity contribution < 1.29 is 19.1 Å². The van der Waals surface area contributed by atoms with E-state index in [0.29, 0.717) is 24.6 Å². The van der Waals surface area contributed by atoms with Gasteiger partial charge < -0.3 is 19.7 Å². The normalized spacial score (nSPS) is 18.9. The number of anilines is 1. The fraction of sp³-hybridized carbons (Fsp3) is 0.529. The third-order valence-corrected chi connectivity index (χ3v) is 4.08. The molecule has 1 saturated heterocycles. The van der Waals surface area contributed by atoms with Crippen LogP contribution in [0.1, 0.15) is 18.9 Å². The van der Waals surface area contributed by atoms with E-state index in [4.69, 9.17) is 9.47 Å². The average Bonchev–Trinajstić information content (AvgIpc) is 2.90. The lowest BCUT2D eigenvalue weighted by atomic mass is 10.1. The van der Waals surface area contributed by atoms with Crippen LogP contribution in [0.2, 0.25) is 0 Å². The largest absolute Gasteiger partial charge is 0.495 e. The molecule has 0 aliphatic carbocycles. The first-order valence-electron chi connectivity index (χ1n) is 7.70. The minimum absolute atomic E-state index is 0.00842. The van der Waals surface area contributed by atoms with Crippen molar-refractivity contribution in [1.82, 2.24) is 4.90 Å². The van der Waals surface area contributed by atoms with Gasteiger partial charge in [0, 0.05) is 20.1 Å². The fourth-order valence-corrected chi connectivity index (χ4v) is 2.82. The van der Waals surface area contributed by atoms with E-state index in [-0.39, 0.29) is 30.2 Å². The highest BCUT2D eigenvalue weighted by Crippen LogP contribution is 2.27. The lowest BCUT2D eigenvalue weighted by Gasteiger charge is -2.24. The summed E-state index contributed by atoms with van der Waals surface area (Å²) in [6.45, 7) is 4.75. The van der Waals surface area contributed by atoms with Gasteiger partial charge in [-0.3, -0.25) is 9.59 Å². The van der Waals surface area contributed by atoms with E-state index in [0.717, 1.165) is 5.56 Å². The van der Waals surface area contributed by atoms with Crippen LogP contribution in [0.3, 0.4) is 0 Å². The topological polar surface area (TPSA) is 67.9 Å². The zero-order valence-electron chi connectivity index (χ0n) is 14.1. The zero-order chi connectivity index (χ0) is 17.0. The lowest BCUT2D eigenvalue weighted by molar-refractivity contribution is -0.130. The maximum Gasteiger partial charge on any atom is 0.229 e. The number of hydrogen-bond donors (Lipinski definition) is 1. The minimum Gasteiger partial charge on any atom is -0.495 e. The van der Waals surface area contributed by atoms with E-state index in [9.17, 15) is 9.59 Å². The summed E-state index contributed by atoms with van der Waals surface area (Å²) in [4.78, 5) is 26.3. The Morgan fingerprint density at radius 3 is 2.83 bits per heavy atom. The van der Waals surface area contributed by atoms with Gasteiger partial charge in [-0.15, -0.1) is 0 Å². The van der Waals surface area contributed by atoms with Crippen molar-refractivity contribution in [2.45, 2.75) is 26.3 Å². The number of amides is 2. The summed E-state index contributed by atoms with van der Waals surface area (Å²) in [6.07, 6.45) is 0.230. The number of nitrogens with zero attached hydrogens (tertiary/aromatic N) is 1. The van der Waals surface area contributed by atoms with Gasteiger partial charge in [0.25, 0.3) is 0 Å². The molecule has 0 saturated carbocycles. The second-order valence-electron chi connectivity index (χ2n) is 5.94. The van der Waals surface area contributed by atoms with Crippen molar-refractivity contribution in [3.8, 4) is 5.75 Å². The summed E-state index contributed by atoms with van der Waals surface area (Å²) in [5.74, 6) is 0.0881. The Kier molecular flexibility index (Phi) is 5.60. The quantitative estimate of drug-likeness (QED) is 0.868. The molecule has 2 rings (SSSR count). The standard InChI is InChI=1S/C17H24N2O4/c1-11-5-6-15(23-4)14(7-11)18-17(21)13-8-16(20)19(9-13)12(2)10-22-3/h5-7,12-13H,8-10H2,1-4H3,(H,18,21). The van der Waals surface area contributed by atoms with Crippen LogP contribution in [0, 0.1) is 12.8 Å². The second-order valence-corrected chi connectivity index (χ2v) is 5.94. The van der Waals surface area contributed by atoms with Crippen LogP contribution in [0.4, 0.5) is 5.69 Å². The third kappa shape index (κ3) is 4.01. The molecule has 6 heteroatoms. The molecule has 0 radical (unpaired) electrons. The smallest absolute Gasteiger partial charge is 0.229 e. The van der Waals surface area contributed by atoms with Crippen LogP contribution in [-0.4, -0.2) is 50.1 Å². The molecule has 6 nitrogen and oxygen atoms in total. The summed E-state index contributed by atoms with van der Waals surface area (Å²) in [5.41, 5.74) is 1.66. The van der Waals surface area contributed by atoms with Crippen molar-refractivity contribution in [1.29, 1.82) is 0 Å². The Morgan fingerprint density at radius 2 is 2.17 bits per heavy atom. The van der Waals surface area contributed by atoms with Crippen molar-refractivity contribution in [2.75, 3.05) is 32.7 Å². The minimum atomic E-state index is -0.355. The summed E-state index contributed by atoms with van der Waals surface area (Å²) in [6, 6.07) is 5.57. The van der Waals surface area contributed by atoms with Gasteiger partial charge in [-0.2, -0.15) is 0 Å². The summed E-state index contributed by atoms with van der Waals surface area (Å²) < 4.78 is 10.4. The molecular formula is C17H24N2O4. The molecule has 1 fully saturated rings. The SMILES string of the molecule is COCC(C)N1CC(C(=O)Nc2cc(C)ccc2OC)CC1=O. The van der Waals surface area contributed by atoms with Gasteiger partial charge in [-0.1, -0.05) is 6.07 Å². The Bertz CT molecular complexity index is 588. The molecule has 2 atom stereocenters. The van der Waals surface area contributed by atoms with Crippen LogP contribution in [-0.2, 0) is 14.3 Å². The third-order valence-electron chi connectivity index (χ3n) is 4.08. The predicted octanol–water partition coefficient (Wildman–Crippen LogP) is 1.83. The molecule has 126 valence electrons. The van der Waals surface area contributed by atoms with Gasteiger partial charge in [-0.25, -0.2) is 0 Å². The average molecular weight is 320 g/mol. The van der Waals surface area contributed by atoms with Crippen molar-refractivity contribution in [3.63, 3.8) is 0 Å². The molecular weight excluding hydrogens is 296 g/mol. The molecule has 0 spiro atoms. The highest BCUT2D eigenvalue weighted by Gasteiger charge is 2.36. The van der Waals surface area contributed by atoms with E-state index in [1.807, 2.05) is 32.0 Å². The highest BCUT2D eigenvalue weighted by molar-refractivity contribution is 5.98. The second kappa shape index (κ2) is 7.46. The monoisotopic (exact) mass is 320 g/mol. The molecule has 2 unspecified atom stereocenters. The van der Waals surface area contributed by atoms with E-state index in [1.165, 1.54) is 0 Å². The Hall–Kier alpha value is -2.08. The maximum atomic E-state index is 12.5. The van der Waals surface area contributed by atoms with E-state index < -0.39 is 0 Å². The number of likely N-dealkylation sites (tertiary alicyclic amines) is 1. The summed E-state index contributed by atoms with van der Waals surface area (Å²) in [5, 5.41) is 2.88. The Morgan fingerprint density at radius 1 is 1.43 bits per heavy atom. The van der Waals surface area contributed by atoms with Crippen LogP contribution >= 0.6 is 0 Å². The maximum absolute atomic E-state index is 12.5. The van der Waals surface area contributed by atoms with Gasteiger partial charge in [0.05, 0.1) is 31.4 Å². The molecule has 1 aromatic carbocycles. The zero-order valence-corrected chi connectivity index (χ0v) is 14.1. The van der Waals surface area contributed by atoms with Crippen LogP contribution in [0.25, 0.3) is 0 Å². The van der Waals surface area contributed by atoms with Crippen LogP contribution in [0.5, 0.6) is 5.75 Å². The number of rotatable bonds is 6. The number of carbonyl (C=O) groups is 2. The van der Waals surface area contributed by atoms with Gasteiger partial charge in [-0.05, 0) is 31.5 Å². The molecule has 1 N–H and O–H groups in total. The number of benzene rings is 1. The number of methoxy groups -OCH3 is 2. The first-order valence-corrected chi connectivity index (χ1v) is 7.70. The first kappa shape index (κ1) is 17.3. The number of nitrogens with one attached hydrogen (secondary N) is 1. The molecule has 1 aliphatic rings. The molecule has 1 aromatic rings.